The quantitative estimate of drug-likeness (QED) is 0.354. The lowest BCUT2D eigenvalue weighted by Gasteiger charge is -2.11. The van der Waals surface area contributed by atoms with E-state index in [0.717, 1.165) is 10.6 Å². The fourth-order valence-corrected chi connectivity index (χ4v) is 4.44. The van der Waals surface area contributed by atoms with Crippen molar-refractivity contribution in [3.8, 4) is 10.6 Å². The molecule has 1 aromatic carbocycles. The maximum absolute atomic E-state index is 13.3. The molecule has 0 atom stereocenters. The van der Waals surface area contributed by atoms with E-state index in [1.54, 1.807) is 71.9 Å². The molecule has 9 heteroatoms. The summed E-state index contributed by atoms with van der Waals surface area (Å²) in [5.41, 5.74) is 2.97. The Morgan fingerprint density at radius 3 is 2.56 bits per heavy atom. The lowest BCUT2D eigenvalue weighted by Crippen LogP contribution is -2.14. The lowest BCUT2D eigenvalue weighted by molar-refractivity contribution is 0.102. The number of nitrogens with one attached hydrogen (secondary N) is 1. The summed E-state index contributed by atoms with van der Waals surface area (Å²) >= 11 is 1.57. The van der Waals surface area contributed by atoms with Crippen LogP contribution in [0.15, 0.2) is 66.4 Å². The van der Waals surface area contributed by atoms with E-state index in [2.05, 4.69) is 15.4 Å². The zero-order valence-electron chi connectivity index (χ0n) is 18.9. The first-order valence-corrected chi connectivity index (χ1v) is 11.7. The average molecular weight is 471 g/mol. The molecule has 0 unspecified atom stereocenters. The minimum Gasteiger partial charge on any atom is -0.331 e. The van der Waals surface area contributed by atoms with Gasteiger partial charge in [-0.15, -0.1) is 11.3 Å². The Bertz CT molecular complexity index is 1500. The monoisotopic (exact) mass is 470 g/mol. The van der Waals surface area contributed by atoms with Gasteiger partial charge in [0.25, 0.3) is 5.91 Å². The number of hydrogen-bond donors (Lipinski definition) is 1. The number of benzene rings is 1. The molecule has 0 spiro atoms. The molecule has 0 bridgehead atoms. The van der Waals surface area contributed by atoms with Gasteiger partial charge in [0, 0.05) is 36.7 Å². The highest BCUT2D eigenvalue weighted by atomic mass is 32.1. The van der Waals surface area contributed by atoms with Crippen LogP contribution in [0.1, 0.15) is 46.4 Å². The number of carbonyl (C=O) groups is 2. The second kappa shape index (κ2) is 8.68. The molecule has 0 fully saturated rings. The summed E-state index contributed by atoms with van der Waals surface area (Å²) in [4.78, 5) is 35.9. The van der Waals surface area contributed by atoms with E-state index in [4.69, 9.17) is 4.98 Å². The Balaban J connectivity index is 1.46. The van der Waals surface area contributed by atoms with Gasteiger partial charge in [-0.3, -0.25) is 9.59 Å². The van der Waals surface area contributed by atoms with Crippen LogP contribution < -0.4 is 5.32 Å². The summed E-state index contributed by atoms with van der Waals surface area (Å²) in [6.07, 6.45) is 5.00. The van der Waals surface area contributed by atoms with Crippen LogP contribution in [-0.2, 0) is 7.05 Å². The third-order valence-electron chi connectivity index (χ3n) is 5.50. The molecule has 8 nitrogen and oxygen atoms in total. The highest BCUT2D eigenvalue weighted by Gasteiger charge is 2.19. The van der Waals surface area contributed by atoms with Gasteiger partial charge in [0.1, 0.15) is 0 Å². The van der Waals surface area contributed by atoms with Crippen molar-refractivity contribution in [2.24, 2.45) is 7.05 Å². The Kier molecular flexibility index (Phi) is 5.54. The SMILES string of the molecule is CC(C)n1ncc2c(C(=O)Nc3ccc(C(=O)c4nccn4C)cc3)cc(-c3cccs3)nc21. The van der Waals surface area contributed by atoms with Crippen molar-refractivity contribution in [1.82, 2.24) is 24.3 Å². The molecule has 170 valence electrons. The fourth-order valence-electron chi connectivity index (χ4n) is 3.75. The van der Waals surface area contributed by atoms with Gasteiger partial charge >= 0.3 is 0 Å². The predicted octanol–water partition coefficient (Wildman–Crippen LogP) is 4.96. The number of ketones is 1. The zero-order valence-corrected chi connectivity index (χ0v) is 19.7. The van der Waals surface area contributed by atoms with Crippen molar-refractivity contribution in [3.05, 3.63) is 83.4 Å². The van der Waals surface area contributed by atoms with Crippen molar-refractivity contribution in [3.63, 3.8) is 0 Å². The number of hydrogen-bond acceptors (Lipinski definition) is 6. The van der Waals surface area contributed by atoms with Gasteiger partial charge < -0.3 is 9.88 Å². The van der Waals surface area contributed by atoms with Crippen molar-refractivity contribution in [2.45, 2.75) is 19.9 Å². The molecular weight excluding hydrogens is 448 g/mol. The lowest BCUT2D eigenvalue weighted by atomic mass is 10.1. The number of fused-ring (bicyclic) bond motifs is 1. The van der Waals surface area contributed by atoms with Crippen molar-refractivity contribution in [2.75, 3.05) is 5.32 Å². The molecule has 5 aromatic rings. The van der Waals surface area contributed by atoms with Gasteiger partial charge in [-0.1, -0.05) is 6.07 Å². The van der Waals surface area contributed by atoms with Crippen LogP contribution in [0.3, 0.4) is 0 Å². The number of thiophene rings is 1. The summed E-state index contributed by atoms with van der Waals surface area (Å²) in [7, 11) is 1.77. The van der Waals surface area contributed by atoms with E-state index in [1.165, 1.54) is 0 Å². The maximum atomic E-state index is 13.3. The van der Waals surface area contributed by atoms with Crippen LogP contribution in [0.5, 0.6) is 0 Å². The van der Waals surface area contributed by atoms with Gasteiger partial charge in [0.05, 0.1) is 27.7 Å². The third kappa shape index (κ3) is 3.90. The summed E-state index contributed by atoms with van der Waals surface area (Å²) in [6, 6.07) is 12.6. The van der Waals surface area contributed by atoms with Gasteiger partial charge in [-0.2, -0.15) is 5.10 Å². The first-order chi connectivity index (χ1) is 16.4. The van der Waals surface area contributed by atoms with Crippen LogP contribution in [0.25, 0.3) is 21.6 Å². The topological polar surface area (TPSA) is 94.7 Å². The highest BCUT2D eigenvalue weighted by Crippen LogP contribution is 2.29. The van der Waals surface area contributed by atoms with Gasteiger partial charge in [0.2, 0.25) is 5.78 Å². The maximum Gasteiger partial charge on any atom is 0.256 e. The van der Waals surface area contributed by atoms with Gasteiger partial charge in [-0.05, 0) is 55.6 Å². The van der Waals surface area contributed by atoms with Gasteiger partial charge in [0.15, 0.2) is 11.5 Å². The van der Waals surface area contributed by atoms with E-state index in [1.807, 2.05) is 36.0 Å². The van der Waals surface area contributed by atoms with E-state index < -0.39 is 0 Å². The summed E-state index contributed by atoms with van der Waals surface area (Å²) in [5, 5.41) is 10.1. The predicted molar refractivity (Wildman–Crippen MR) is 132 cm³/mol. The smallest absolute Gasteiger partial charge is 0.256 e. The van der Waals surface area contributed by atoms with Crippen LogP contribution in [-0.4, -0.2) is 36.0 Å². The number of imidazole rings is 1. The largest absolute Gasteiger partial charge is 0.331 e. The number of anilines is 1. The van der Waals surface area contributed by atoms with Crippen molar-refractivity contribution in [1.29, 1.82) is 0 Å². The molecule has 0 aliphatic carbocycles. The fraction of sp³-hybridized carbons (Fsp3) is 0.160. The second-order valence-electron chi connectivity index (χ2n) is 8.17. The molecule has 0 saturated heterocycles. The molecule has 1 N–H and O–H groups in total. The number of aryl methyl sites for hydroxylation is 1. The average Bonchev–Trinajstić information content (AvgIpc) is 3.59. The van der Waals surface area contributed by atoms with E-state index in [0.29, 0.717) is 33.7 Å². The molecule has 0 radical (unpaired) electrons. The Labute approximate surface area is 199 Å². The minimum atomic E-state index is -0.267. The molecule has 5 rings (SSSR count). The highest BCUT2D eigenvalue weighted by molar-refractivity contribution is 7.13. The molecule has 1 amide bonds. The van der Waals surface area contributed by atoms with Crippen LogP contribution in [0.2, 0.25) is 0 Å². The van der Waals surface area contributed by atoms with Crippen LogP contribution >= 0.6 is 11.3 Å². The summed E-state index contributed by atoms with van der Waals surface area (Å²) in [6.45, 7) is 4.05. The first kappa shape index (κ1) is 21.7. The number of aromatic nitrogens is 5. The second-order valence-corrected chi connectivity index (χ2v) is 9.12. The zero-order chi connectivity index (χ0) is 23.8. The Morgan fingerprint density at radius 2 is 1.91 bits per heavy atom. The number of rotatable bonds is 6. The Hall–Kier alpha value is -4.11. The molecule has 0 aliphatic rings. The van der Waals surface area contributed by atoms with Crippen molar-refractivity contribution < 1.29 is 9.59 Å². The molecule has 4 aromatic heterocycles. The normalized spacial score (nSPS) is 11.3. The van der Waals surface area contributed by atoms with E-state index >= 15 is 0 Å². The third-order valence-corrected chi connectivity index (χ3v) is 6.40. The van der Waals surface area contributed by atoms with Crippen LogP contribution in [0, 0.1) is 0 Å². The molecular formula is C25H22N6O2S. The first-order valence-electron chi connectivity index (χ1n) is 10.8. The molecule has 0 saturated carbocycles. The Morgan fingerprint density at radius 1 is 1.12 bits per heavy atom. The molecule has 4 heterocycles. The molecule has 34 heavy (non-hydrogen) atoms. The number of carbonyl (C=O) groups excluding carboxylic acids is 2. The van der Waals surface area contributed by atoms with E-state index in [-0.39, 0.29) is 17.7 Å². The molecule has 0 aliphatic heterocycles. The summed E-state index contributed by atoms with van der Waals surface area (Å²) < 4.78 is 3.50. The summed E-state index contributed by atoms with van der Waals surface area (Å²) in [5.74, 6) is -0.0844. The van der Waals surface area contributed by atoms with Crippen molar-refractivity contribution >= 4 is 39.7 Å². The number of pyridine rings is 1. The van der Waals surface area contributed by atoms with Crippen LogP contribution in [0.4, 0.5) is 5.69 Å². The van der Waals surface area contributed by atoms with E-state index in [9.17, 15) is 9.59 Å². The standard InChI is InChI=1S/C25H22N6O2S/c1-15(2)31-23-19(14-27-31)18(13-20(29-23)21-5-4-12-34-21)25(33)28-17-8-6-16(7-9-17)22(32)24-26-10-11-30(24)3/h4-15H,1-3H3,(H,28,33). The number of amides is 1. The van der Waals surface area contributed by atoms with Gasteiger partial charge in [-0.25, -0.2) is 14.6 Å². The number of nitrogens with zero attached hydrogens (tertiary/aromatic N) is 5. The minimum absolute atomic E-state index is 0.100.